The molecule has 1 aromatic heterocycles. The normalized spacial score (nSPS) is 17.3. The van der Waals surface area contributed by atoms with Crippen molar-refractivity contribution in [2.75, 3.05) is 0 Å². The van der Waals surface area contributed by atoms with E-state index in [1.165, 1.54) is 59.8 Å². The predicted molar refractivity (Wildman–Crippen MR) is 173 cm³/mol. The third-order valence-electron chi connectivity index (χ3n) is 7.91. The molecule has 6 rings (SSSR count). The monoisotopic (exact) mass is 646 g/mol. The van der Waals surface area contributed by atoms with E-state index in [4.69, 9.17) is 0 Å². The van der Waals surface area contributed by atoms with Crippen LogP contribution in [-0.4, -0.2) is 21.1 Å². The number of aromatic nitrogens is 1. The maximum absolute atomic E-state index is 10.7. The molecule has 0 aliphatic carbocycles. The first-order chi connectivity index (χ1) is 20.2. The molecule has 2 aliphatic rings. The molecule has 0 radical (unpaired) electrons. The molecular weight excluding hydrogens is 612 g/mol. The van der Waals surface area contributed by atoms with Gasteiger partial charge in [0.05, 0.1) is 16.5 Å². The van der Waals surface area contributed by atoms with Crippen molar-refractivity contribution in [2.24, 2.45) is 0 Å². The van der Waals surface area contributed by atoms with Crippen LogP contribution in [0.2, 0.25) is 13.6 Å². The fraction of sp³-hybridized carbons (Fsp3) is 0.182. The van der Waals surface area contributed by atoms with Gasteiger partial charge in [0.25, 0.3) is 0 Å². The molecule has 0 atom stereocenters. The third kappa shape index (κ3) is 6.62. The quantitative estimate of drug-likeness (QED) is 0.0903. The summed E-state index contributed by atoms with van der Waals surface area (Å²) in [5.41, 5.74) is 10.7. The Balaban J connectivity index is 0.000000493. The van der Waals surface area contributed by atoms with Crippen LogP contribution in [0, 0.1) is 13.8 Å². The predicted octanol–water partition coefficient (Wildman–Crippen LogP) is 11.3. The Morgan fingerprint density at radius 1 is 0.682 bits per heavy atom. The van der Waals surface area contributed by atoms with Crippen molar-refractivity contribution >= 4 is 36.4 Å². The van der Waals surface area contributed by atoms with E-state index in [9.17, 15) is 25.2 Å². The summed E-state index contributed by atoms with van der Waals surface area (Å²) in [7, 11) is -10.8. The van der Waals surface area contributed by atoms with Crippen LogP contribution in [0.3, 0.4) is 0 Å². The summed E-state index contributed by atoms with van der Waals surface area (Å²) in [5, 5.41) is 0. The Kier molecular flexibility index (Phi) is 7.46. The molecule has 0 unspecified atom stereocenters. The van der Waals surface area contributed by atoms with Gasteiger partial charge in [-0.3, -0.25) is 0 Å². The maximum atomic E-state index is 9.87. The van der Waals surface area contributed by atoms with E-state index in [0.29, 0.717) is 0 Å². The topological polar surface area (TPSA) is 7.94 Å². The molecule has 0 bridgehead atoms. The average Bonchev–Trinajstić information content (AvgIpc) is 3.39. The molecule has 0 fully saturated rings. The van der Waals surface area contributed by atoms with E-state index in [-0.39, 0.29) is 10.9 Å². The number of fused-ring (bicyclic) bond motifs is 2. The molecule has 232 valence electrons. The summed E-state index contributed by atoms with van der Waals surface area (Å²) in [6.45, 7) is 13.8. The molecular formula is C33H34BF6N2PS. The van der Waals surface area contributed by atoms with Crippen LogP contribution in [-0.2, 0) is 10.9 Å². The molecule has 2 nitrogen and oxygen atoms in total. The second-order valence-electron chi connectivity index (χ2n) is 11.9. The molecule has 3 heterocycles. The van der Waals surface area contributed by atoms with Crippen molar-refractivity contribution in [3.8, 4) is 0 Å². The van der Waals surface area contributed by atoms with Crippen molar-refractivity contribution in [3.63, 3.8) is 0 Å². The Hall–Kier alpha value is -3.49. The van der Waals surface area contributed by atoms with Gasteiger partial charge in [0.2, 0.25) is 0 Å². The van der Waals surface area contributed by atoms with Crippen molar-refractivity contribution < 1.29 is 29.7 Å². The van der Waals surface area contributed by atoms with Crippen LogP contribution in [0.25, 0.3) is 5.57 Å². The van der Waals surface area contributed by atoms with Gasteiger partial charge in [-0.2, -0.15) is 0 Å². The van der Waals surface area contributed by atoms with Gasteiger partial charge < -0.3 is 8.96 Å². The molecule has 4 aromatic rings. The fourth-order valence-electron chi connectivity index (χ4n) is 6.68. The number of aryl methyl sites for hydroxylation is 2. The molecule has 0 saturated heterocycles. The van der Waals surface area contributed by atoms with Crippen LogP contribution < -0.4 is 0 Å². The van der Waals surface area contributed by atoms with Gasteiger partial charge in [-0.15, -0.1) is 13.6 Å². The number of allylic oxidation sites excluding steroid dienone is 2. The van der Waals surface area contributed by atoms with Gasteiger partial charge >= 0.3 is 39.4 Å². The molecule has 0 N–H and O–H groups in total. The number of hydrogen-bond donors (Lipinski definition) is 0. The molecule has 44 heavy (non-hydrogen) atoms. The van der Waals surface area contributed by atoms with Gasteiger partial charge in [0.15, 0.2) is 20.4 Å². The van der Waals surface area contributed by atoms with Gasteiger partial charge in [-0.25, -0.2) is 0 Å². The van der Waals surface area contributed by atoms with Gasteiger partial charge in [0, 0.05) is 24.3 Å². The molecule has 2 aliphatic heterocycles. The molecule has 0 amide bonds. The van der Waals surface area contributed by atoms with E-state index in [2.05, 4.69) is 147 Å². The third-order valence-corrected chi connectivity index (χ3v) is 10.1. The first-order valence-electron chi connectivity index (χ1n) is 14.2. The number of benzene rings is 3. The summed E-state index contributed by atoms with van der Waals surface area (Å²) >= 11 is 0. The Morgan fingerprint density at radius 3 is 1.61 bits per heavy atom. The van der Waals surface area contributed by atoms with Crippen LogP contribution >= 0.6 is 7.81 Å². The Labute approximate surface area is 257 Å². The van der Waals surface area contributed by atoms with E-state index in [1.807, 2.05) is 0 Å². The van der Waals surface area contributed by atoms with Gasteiger partial charge in [-0.1, -0.05) is 36.4 Å². The zero-order valence-corrected chi connectivity index (χ0v) is 27.0. The van der Waals surface area contributed by atoms with Crippen LogP contribution in [0.15, 0.2) is 123 Å². The Bertz CT molecular complexity index is 1790. The van der Waals surface area contributed by atoms with E-state index >= 15 is 0 Å². The summed E-state index contributed by atoms with van der Waals surface area (Å²) in [6.07, 6.45) is 1.38. The Morgan fingerprint density at radius 2 is 1.14 bits per heavy atom. The van der Waals surface area contributed by atoms with Gasteiger partial charge in [-0.05, 0) is 92.2 Å². The van der Waals surface area contributed by atoms with Crippen LogP contribution in [0.4, 0.5) is 25.2 Å². The van der Waals surface area contributed by atoms with Crippen molar-refractivity contribution in [3.05, 3.63) is 131 Å². The minimum absolute atomic E-state index is 0.148. The second-order valence-corrected chi connectivity index (χ2v) is 15.8. The van der Waals surface area contributed by atoms with E-state index < -0.39 is 14.2 Å². The van der Waals surface area contributed by atoms with Gasteiger partial charge in [0.1, 0.15) is 5.71 Å². The zero-order chi connectivity index (χ0) is 32.3. The van der Waals surface area contributed by atoms with Crippen LogP contribution in [0.5, 0.6) is 0 Å². The average molecular weight is 646 g/mol. The van der Waals surface area contributed by atoms with Crippen LogP contribution in [0.1, 0.15) is 36.4 Å². The summed E-state index contributed by atoms with van der Waals surface area (Å²) < 4.78 is 64.4. The van der Waals surface area contributed by atoms with Crippen molar-refractivity contribution in [1.29, 1.82) is 0 Å². The first-order valence-corrected chi connectivity index (χ1v) is 17.5. The van der Waals surface area contributed by atoms with E-state index in [0.717, 1.165) is 0 Å². The van der Waals surface area contributed by atoms with Crippen molar-refractivity contribution in [1.82, 2.24) is 4.48 Å². The fourth-order valence-corrected chi connectivity index (χ4v) is 8.76. The number of rotatable bonds is 4. The molecule has 0 spiro atoms. The zero-order valence-electron chi connectivity index (χ0n) is 25.3. The first kappa shape index (κ1) is 31.9. The molecule has 11 heteroatoms. The standard InChI is InChI=1S/C33H34BN2S.F6P/c1-23-21-25(3)35-32(23)31(33-24(2)22-26(4)36(33)34(35,5)6)27-17-19-30(20-18-27)37(28-13-9-7-10-14-28)29-15-11-8-12-16-29;1-7(2,3,4,5)6/h7-22H,1-6H3;/q+1;-1. The van der Waals surface area contributed by atoms with Crippen molar-refractivity contribution in [2.45, 2.75) is 56.0 Å². The number of hydrogen-bond acceptors (Lipinski definition) is 0. The second kappa shape index (κ2) is 10.3. The SMILES string of the molecule is CC1=CC(C)=[N+]2C1=C(c1ccc([S+](c3ccccc3)c3ccccc3)cc1)c1c(C)cc(C)n1[B-]2(C)C.F[P-](F)(F)(F)(F)F. The molecule has 3 aromatic carbocycles. The minimum atomic E-state index is -10.7. The summed E-state index contributed by atoms with van der Waals surface area (Å²) in [6, 6.07) is 33.5. The number of nitrogens with zero attached hydrogens (tertiary/aromatic N) is 2. The summed E-state index contributed by atoms with van der Waals surface area (Å²) in [4.78, 5) is 4.03. The summed E-state index contributed by atoms with van der Waals surface area (Å²) in [5.74, 6) is 0. The van der Waals surface area contributed by atoms with E-state index in [1.54, 1.807) is 0 Å². The molecule has 0 saturated carbocycles. The number of halogens is 6.